The van der Waals surface area contributed by atoms with Crippen molar-refractivity contribution in [1.29, 1.82) is 0 Å². The molecular weight excluding hydrogens is 268 g/mol. The number of methoxy groups -OCH3 is 2. The summed E-state index contributed by atoms with van der Waals surface area (Å²) in [5.41, 5.74) is 1.09. The van der Waals surface area contributed by atoms with Crippen LogP contribution in [0.1, 0.15) is 31.4 Å². The van der Waals surface area contributed by atoms with Crippen molar-refractivity contribution in [3.63, 3.8) is 0 Å². The van der Waals surface area contributed by atoms with Gasteiger partial charge in [-0.25, -0.2) is 0 Å². The quantitative estimate of drug-likeness (QED) is 0.901. The van der Waals surface area contributed by atoms with Crippen LogP contribution < -0.4 is 14.8 Å². The first-order valence-corrected chi connectivity index (χ1v) is 7.31. The molecule has 0 saturated carbocycles. The molecule has 0 spiro atoms. The lowest BCUT2D eigenvalue weighted by atomic mass is 10.0. The van der Waals surface area contributed by atoms with Crippen molar-refractivity contribution in [2.75, 3.05) is 27.8 Å². The number of carbonyl (C=O) groups is 1. The molecule has 1 aliphatic rings. The fourth-order valence-electron chi connectivity index (χ4n) is 3.05. The lowest BCUT2D eigenvalue weighted by molar-refractivity contribution is -0.125. The molecule has 0 bridgehead atoms. The Morgan fingerprint density at radius 2 is 2.14 bits per heavy atom. The number of hydrogen-bond donors (Lipinski definition) is 1. The van der Waals surface area contributed by atoms with Crippen molar-refractivity contribution < 1.29 is 14.3 Å². The van der Waals surface area contributed by atoms with Crippen molar-refractivity contribution >= 4 is 5.91 Å². The predicted molar refractivity (Wildman–Crippen MR) is 81.8 cm³/mol. The van der Waals surface area contributed by atoms with Gasteiger partial charge in [-0.05, 0) is 44.5 Å². The van der Waals surface area contributed by atoms with E-state index in [-0.39, 0.29) is 18.0 Å². The Balaban J connectivity index is 2.33. The number of benzene rings is 1. The van der Waals surface area contributed by atoms with Gasteiger partial charge in [-0.1, -0.05) is 0 Å². The Labute approximate surface area is 126 Å². The van der Waals surface area contributed by atoms with Gasteiger partial charge >= 0.3 is 0 Å². The van der Waals surface area contributed by atoms with E-state index in [1.807, 2.05) is 25.1 Å². The van der Waals surface area contributed by atoms with Crippen LogP contribution in [0.15, 0.2) is 18.2 Å². The Kier molecular flexibility index (Phi) is 5.07. The van der Waals surface area contributed by atoms with Crippen molar-refractivity contribution in [3.8, 4) is 11.5 Å². The molecule has 1 aromatic carbocycles. The van der Waals surface area contributed by atoms with E-state index in [0.717, 1.165) is 36.4 Å². The predicted octanol–water partition coefficient (Wildman–Crippen LogP) is 1.98. The number of hydrogen-bond acceptors (Lipinski definition) is 4. The van der Waals surface area contributed by atoms with Crippen molar-refractivity contribution in [3.05, 3.63) is 23.8 Å². The summed E-state index contributed by atoms with van der Waals surface area (Å²) in [7, 11) is 5.01. The Hall–Kier alpha value is -1.75. The maximum absolute atomic E-state index is 11.9. The van der Waals surface area contributed by atoms with Crippen molar-refractivity contribution in [2.24, 2.45) is 0 Å². The zero-order valence-corrected chi connectivity index (χ0v) is 13.2. The average molecular weight is 292 g/mol. The molecule has 1 amide bonds. The largest absolute Gasteiger partial charge is 0.497 e. The topological polar surface area (TPSA) is 50.8 Å². The normalized spacial score (nSPS) is 20.1. The van der Waals surface area contributed by atoms with Gasteiger partial charge in [0, 0.05) is 18.7 Å². The number of nitrogens with one attached hydrogen (secondary N) is 1. The SMILES string of the molecule is CNC(=O)[C@H](C)N1CCC[C@@H]1c1cc(OC)ccc1OC. The average Bonchev–Trinajstić information content (AvgIpc) is 3.01. The van der Waals surface area contributed by atoms with Crippen LogP contribution in [0.4, 0.5) is 0 Å². The van der Waals surface area contributed by atoms with Gasteiger partial charge in [0.1, 0.15) is 11.5 Å². The molecule has 2 atom stereocenters. The molecule has 1 aliphatic heterocycles. The molecule has 0 aromatic heterocycles. The fourth-order valence-corrected chi connectivity index (χ4v) is 3.05. The van der Waals surface area contributed by atoms with Crippen LogP contribution in [0.5, 0.6) is 11.5 Å². The maximum atomic E-state index is 11.9. The van der Waals surface area contributed by atoms with Crippen LogP contribution in [-0.4, -0.2) is 44.7 Å². The molecule has 1 heterocycles. The minimum Gasteiger partial charge on any atom is -0.497 e. The molecule has 1 N–H and O–H groups in total. The van der Waals surface area contributed by atoms with E-state index in [1.54, 1.807) is 21.3 Å². The van der Waals surface area contributed by atoms with Crippen LogP contribution in [-0.2, 0) is 4.79 Å². The molecule has 0 aliphatic carbocycles. The molecule has 21 heavy (non-hydrogen) atoms. The van der Waals surface area contributed by atoms with Crippen LogP contribution >= 0.6 is 0 Å². The summed E-state index contributed by atoms with van der Waals surface area (Å²) in [6, 6.07) is 5.86. The summed E-state index contributed by atoms with van der Waals surface area (Å²) in [5, 5.41) is 2.73. The molecule has 5 nitrogen and oxygen atoms in total. The highest BCUT2D eigenvalue weighted by Crippen LogP contribution is 2.39. The molecule has 2 rings (SSSR count). The minimum atomic E-state index is -0.154. The molecule has 1 saturated heterocycles. The number of nitrogens with zero attached hydrogens (tertiary/aromatic N) is 1. The summed E-state index contributed by atoms with van der Waals surface area (Å²) >= 11 is 0. The molecular formula is C16H24N2O3. The molecule has 1 aromatic rings. The van der Waals surface area contributed by atoms with Crippen molar-refractivity contribution in [1.82, 2.24) is 10.2 Å². The van der Waals surface area contributed by atoms with Crippen LogP contribution in [0.3, 0.4) is 0 Å². The standard InChI is InChI=1S/C16H24N2O3/c1-11(16(19)17-2)18-9-5-6-14(18)13-10-12(20-3)7-8-15(13)21-4/h7-8,10-11,14H,5-6,9H2,1-4H3,(H,17,19)/t11-,14+/m0/s1. The molecule has 0 radical (unpaired) electrons. The number of ether oxygens (including phenoxy) is 2. The zero-order chi connectivity index (χ0) is 15.4. The highest BCUT2D eigenvalue weighted by Gasteiger charge is 2.34. The van der Waals surface area contributed by atoms with E-state index >= 15 is 0 Å². The molecule has 0 unspecified atom stereocenters. The van der Waals surface area contributed by atoms with Crippen molar-refractivity contribution in [2.45, 2.75) is 31.8 Å². The number of carbonyl (C=O) groups excluding carboxylic acids is 1. The van der Waals surface area contributed by atoms with E-state index in [0.29, 0.717) is 0 Å². The summed E-state index contributed by atoms with van der Waals surface area (Å²) in [5.74, 6) is 1.70. The van der Waals surface area contributed by atoms with Gasteiger partial charge in [-0.2, -0.15) is 0 Å². The van der Waals surface area contributed by atoms with Gasteiger partial charge in [0.2, 0.25) is 5.91 Å². The molecule has 116 valence electrons. The second-order valence-corrected chi connectivity index (χ2v) is 5.29. The Morgan fingerprint density at radius 1 is 1.38 bits per heavy atom. The Bertz CT molecular complexity index is 504. The van der Waals surface area contributed by atoms with Gasteiger partial charge in [-0.3, -0.25) is 9.69 Å². The fraction of sp³-hybridized carbons (Fsp3) is 0.562. The highest BCUT2D eigenvalue weighted by molar-refractivity contribution is 5.81. The third kappa shape index (κ3) is 3.13. The third-order valence-electron chi connectivity index (χ3n) is 4.21. The summed E-state index contributed by atoms with van der Waals surface area (Å²) in [6.45, 7) is 2.86. The zero-order valence-electron chi connectivity index (χ0n) is 13.2. The number of rotatable bonds is 5. The third-order valence-corrected chi connectivity index (χ3v) is 4.21. The minimum absolute atomic E-state index is 0.0452. The van der Waals surface area contributed by atoms with E-state index in [2.05, 4.69) is 10.2 Å². The van der Waals surface area contributed by atoms with E-state index in [9.17, 15) is 4.79 Å². The highest BCUT2D eigenvalue weighted by atomic mass is 16.5. The van der Waals surface area contributed by atoms with Gasteiger partial charge in [0.15, 0.2) is 0 Å². The second kappa shape index (κ2) is 6.80. The summed E-state index contributed by atoms with van der Waals surface area (Å²) in [6.07, 6.45) is 2.09. The number of likely N-dealkylation sites (tertiary alicyclic amines) is 1. The molecule has 1 fully saturated rings. The lowest BCUT2D eigenvalue weighted by Crippen LogP contribution is -2.43. The smallest absolute Gasteiger partial charge is 0.236 e. The van der Waals surface area contributed by atoms with Crippen LogP contribution in [0.2, 0.25) is 0 Å². The maximum Gasteiger partial charge on any atom is 0.236 e. The van der Waals surface area contributed by atoms with Gasteiger partial charge in [0.05, 0.1) is 20.3 Å². The first kappa shape index (κ1) is 15.6. The number of amides is 1. The van der Waals surface area contributed by atoms with E-state index in [1.165, 1.54) is 0 Å². The number of likely N-dealkylation sites (N-methyl/N-ethyl adjacent to an activating group) is 1. The van der Waals surface area contributed by atoms with Crippen LogP contribution in [0, 0.1) is 0 Å². The van der Waals surface area contributed by atoms with Gasteiger partial charge < -0.3 is 14.8 Å². The first-order valence-electron chi connectivity index (χ1n) is 7.31. The first-order chi connectivity index (χ1) is 10.1. The summed E-state index contributed by atoms with van der Waals surface area (Å²) < 4.78 is 10.8. The van der Waals surface area contributed by atoms with Crippen LogP contribution in [0.25, 0.3) is 0 Å². The monoisotopic (exact) mass is 292 g/mol. The van der Waals surface area contributed by atoms with Gasteiger partial charge in [-0.15, -0.1) is 0 Å². The van der Waals surface area contributed by atoms with E-state index in [4.69, 9.17) is 9.47 Å². The second-order valence-electron chi connectivity index (χ2n) is 5.29. The van der Waals surface area contributed by atoms with Gasteiger partial charge in [0.25, 0.3) is 0 Å². The Morgan fingerprint density at radius 3 is 2.76 bits per heavy atom. The lowest BCUT2D eigenvalue weighted by Gasteiger charge is -2.30. The van der Waals surface area contributed by atoms with E-state index < -0.39 is 0 Å². The molecule has 5 heteroatoms. The summed E-state index contributed by atoms with van der Waals surface area (Å²) in [4.78, 5) is 14.2.